The third-order valence-corrected chi connectivity index (χ3v) is 7.72. The largest absolute Gasteiger partial charge is 0.416 e. The Kier molecular flexibility index (Phi) is 5.99. The molecule has 2 unspecified atom stereocenters. The van der Waals surface area contributed by atoms with Gasteiger partial charge in [0.05, 0.1) is 10.5 Å². The smallest absolute Gasteiger partial charge is 0.348 e. The van der Waals surface area contributed by atoms with Gasteiger partial charge in [0.25, 0.3) is 5.91 Å². The Morgan fingerprint density at radius 2 is 1.62 bits per heavy atom. The molecule has 4 rings (SSSR count). The maximum atomic E-state index is 13.0. The molecule has 2 aromatic rings. The van der Waals surface area contributed by atoms with Gasteiger partial charge in [0.1, 0.15) is 5.82 Å². The molecule has 1 amide bonds. The van der Waals surface area contributed by atoms with Gasteiger partial charge in [-0.25, -0.2) is 12.8 Å². The number of nitrogens with zero attached hydrogens (tertiary/aromatic N) is 2. The molecule has 2 atom stereocenters. The monoisotopic (exact) mass is 471 g/mol. The molecule has 6 nitrogen and oxygen atoms in total. The van der Waals surface area contributed by atoms with Gasteiger partial charge in [-0.1, -0.05) is 0 Å². The van der Waals surface area contributed by atoms with Crippen molar-refractivity contribution in [2.45, 2.75) is 29.6 Å². The average Bonchev–Trinajstić information content (AvgIpc) is 3.15. The standard InChI is InChI=1S/C21H21F4N3O3S/c22-16-5-1-14(2-6-16)20(29)26-17-11-18-13-28(10-9-27(18)12-17)32(30,31)19-7-3-15(4-8-19)21(23,24)25/h1-8,17-18H,9-13H2,(H,26,29). The van der Waals surface area contributed by atoms with E-state index in [1.807, 2.05) is 0 Å². The zero-order chi connectivity index (χ0) is 23.1. The van der Waals surface area contributed by atoms with E-state index >= 15 is 0 Å². The highest BCUT2D eigenvalue weighted by molar-refractivity contribution is 7.89. The number of carbonyl (C=O) groups is 1. The summed E-state index contributed by atoms with van der Waals surface area (Å²) in [4.78, 5) is 14.3. The summed E-state index contributed by atoms with van der Waals surface area (Å²) >= 11 is 0. The first-order valence-corrected chi connectivity index (χ1v) is 11.5. The van der Waals surface area contributed by atoms with Crippen LogP contribution in [-0.2, 0) is 16.2 Å². The Morgan fingerprint density at radius 1 is 0.969 bits per heavy atom. The predicted molar refractivity (Wildman–Crippen MR) is 108 cm³/mol. The number of fused-ring (bicyclic) bond motifs is 1. The molecular formula is C21H21F4N3O3S. The number of piperazine rings is 1. The molecule has 2 heterocycles. The fourth-order valence-electron chi connectivity index (χ4n) is 4.17. The van der Waals surface area contributed by atoms with Gasteiger partial charge < -0.3 is 5.32 Å². The van der Waals surface area contributed by atoms with Gasteiger partial charge in [0, 0.05) is 43.8 Å². The normalized spacial score (nSPS) is 22.5. The van der Waals surface area contributed by atoms with Crippen molar-refractivity contribution in [3.8, 4) is 0 Å². The van der Waals surface area contributed by atoms with Crippen molar-refractivity contribution < 1.29 is 30.8 Å². The Balaban J connectivity index is 1.40. The Bertz CT molecular complexity index is 1090. The number of rotatable bonds is 4. The summed E-state index contributed by atoms with van der Waals surface area (Å²) in [6.07, 6.45) is -4.00. The molecule has 1 N–H and O–H groups in total. The number of alkyl halides is 3. The summed E-state index contributed by atoms with van der Waals surface area (Å²) in [5.41, 5.74) is -0.570. The summed E-state index contributed by atoms with van der Waals surface area (Å²) < 4.78 is 78.5. The number of hydrogen-bond acceptors (Lipinski definition) is 4. The minimum Gasteiger partial charge on any atom is -0.348 e. The first-order valence-electron chi connectivity index (χ1n) is 10.0. The van der Waals surface area contributed by atoms with Crippen LogP contribution in [0.3, 0.4) is 0 Å². The highest BCUT2D eigenvalue weighted by Gasteiger charge is 2.40. The Labute approximate surface area is 182 Å². The van der Waals surface area contributed by atoms with Crippen LogP contribution in [0, 0.1) is 5.82 Å². The van der Waals surface area contributed by atoms with E-state index in [0.29, 0.717) is 25.1 Å². The van der Waals surface area contributed by atoms with E-state index < -0.39 is 27.6 Å². The van der Waals surface area contributed by atoms with Gasteiger partial charge in [-0.2, -0.15) is 17.5 Å². The lowest BCUT2D eigenvalue weighted by atomic mass is 10.1. The molecule has 2 fully saturated rings. The lowest BCUT2D eigenvalue weighted by Crippen LogP contribution is -2.51. The number of benzene rings is 2. The fraction of sp³-hybridized carbons (Fsp3) is 0.381. The molecule has 2 aliphatic heterocycles. The summed E-state index contributed by atoms with van der Waals surface area (Å²) in [6, 6.07) is 8.37. The van der Waals surface area contributed by atoms with Crippen LogP contribution in [0.2, 0.25) is 0 Å². The number of carbonyl (C=O) groups excluding carboxylic acids is 1. The third kappa shape index (κ3) is 4.64. The number of hydrogen-bond donors (Lipinski definition) is 1. The van der Waals surface area contributed by atoms with Crippen LogP contribution in [0.1, 0.15) is 22.3 Å². The average molecular weight is 471 g/mol. The van der Waals surface area contributed by atoms with Gasteiger partial charge >= 0.3 is 6.18 Å². The van der Waals surface area contributed by atoms with Crippen molar-refractivity contribution in [1.82, 2.24) is 14.5 Å². The van der Waals surface area contributed by atoms with Gasteiger partial charge in [-0.3, -0.25) is 9.69 Å². The van der Waals surface area contributed by atoms with E-state index in [1.165, 1.54) is 28.6 Å². The molecule has 2 saturated heterocycles. The lowest BCUT2D eigenvalue weighted by Gasteiger charge is -2.36. The predicted octanol–water partition coefficient (Wildman–Crippen LogP) is 2.72. The number of sulfonamides is 1. The lowest BCUT2D eigenvalue weighted by molar-refractivity contribution is -0.137. The molecule has 172 valence electrons. The first kappa shape index (κ1) is 22.7. The minimum atomic E-state index is -4.54. The second kappa shape index (κ2) is 8.45. The van der Waals surface area contributed by atoms with Crippen LogP contribution in [0.5, 0.6) is 0 Å². The molecular weight excluding hydrogens is 450 g/mol. The fourth-order valence-corrected chi connectivity index (χ4v) is 5.64. The first-order chi connectivity index (χ1) is 15.0. The van der Waals surface area contributed by atoms with E-state index in [4.69, 9.17) is 0 Å². The molecule has 0 spiro atoms. The third-order valence-electron chi connectivity index (χ3n) is 5.84. The maximum absolute atomic E-state index is 13.0. The van der Waals surface area contributed by atoms with E-state index in [1.54, 1.807) is 0 Å². The topological polar surface area (TPSA) is 69.7 Å². The highest BCUT2D eigenvalue weighted by atomic mass is 32.2. The van der Waals surface area contributed by atoms with Crippen LogP contribution in [-0.4, -0.2) is 61.8 Å². The summed E-state index contributed by atoms with van der Waals surface area (Å²) in [6.45, 7) is 1.41. The van der Waals surface area contributed by atoms with Gasteiger partial charge in [-0.15, -0.1) is 0 Å². The minimum absolute atomic E-state index is 0.119. The summed E-state index contributed by atoms with van der Waals surface area (Å²) in [7, 11) is -3.93. The van der Waals surface area contributed by atoms with Crippen LogP contribution in [0.25, 0.3) is 0 Å². The second-order valence-corrected chi connectivity index (χ2v) is 9.88. The number of amides is 1. The Morgan fingerprint density at radius 3 is 2.25 bits per heavy atom. The molecule has 0 bridgehead atoms. The molecule has 2 aliphatic rings. The van der Waals surface area contributed by atoms with Crippen LogP contribution in [0.15, 0.2) is 53.4 Å². The van der Waals surface area contributed by atoms with Crippen LogP contribution in [0.4, 0.5) is 17.6 Å². The van der Waals surface area contributed by atoms with E-state index in [-0.39, 0.29) is 36.0 Å². The number of nitrogens with one attached hydrogen (secondary N) is 1. The molecule has 0 aromatic heterocycles. The molecule has 2 aromatic carbocycles. The van der Waals surface area contributed by atoms with Crippen LogP contribution >= 0.6 is 0 Å². The van der Waals surface area contributed by atoms with Gasteiger partial charge in [0.15, 0.2) is 0 Å². The summed E-state index contributed by atoms with van der Waals surface area (Å²) in [5.74, 6) is -0.766. The van der Waals surface area contributed by atoms with E-state index in [0.717, 1.165) is 24.3 Å². The van der Waals surface area contributed by atoms with Crippen molar-refractivity contribution >= 4 is 15.9 Å². The quantitative estimate of drug-likeness (QED) is 0.697. The van der Waals surface area contributed by atoms with Gasteiger partial charge in [0.2, 0.25) is 10.0 Å². The summed E-state index contributed by atoms with van der Waals surface area (Å²) in [5, 5.41) is 2.90. The van der Waals surface area contributed by atoms with E-state index in [2.05, 4.69) is 10.2 Å². The molecule has 0 saturated carbocycles. The van der Waals surface area contributed by atoms with Gasteiger partial charge in [-0.05, 0) is 55.0 Å². The Hall–Kier alpha value is -2.50. The molecule has 0 radical (unpaired) electrons. The zero-order valence-electron chi connectivity index (χ0n) is 16.8. The van der Waals surface area contributed by atoms with Crippen molar-refractivity contribution in [2.24, 2.45) is 0 Å². The van der Waals surface area contributed by atoms with Crippen molar-refractivity contribution in [3.63, 3.8) is 0 Å². The van der Waals surface area contributed by atoms with E-state index in [9.17, 15) is 30.8 Å². The van der Waals surface area contributed by atoms with Crippen molar-refractivity contribution in [1.29, 1.82) is 0 Å². The van der Waals surface area contributed by atoms with Crippen molar-refractivity contribution in [2.75, 3.05) is 26.2 Å². The second-order valence-electron chi connectivity index (χ2n) is 7.95. The maximum Gasteiger partial charge on any atom is 0.416 e. The highest BCUT2D eigenvalue weighted by Crippen LogP contribution is 2.31. The van der Waals surface area contributed by atoms with Crippen LogP contribution < -0.4 is 5.32 Å². The molecule has 0 aliphatic carbocycles. The molecule has 11 heteroatoms. The SMILES string of the molecule is O=C(NC1CC2CN(S(=O)(=O)c3ccc(C(F)(F)F)cc3)CCN2C1)c1ccc(F)cc1. The zero-order valence-corrected chi connectivity index (χ0v) is 17.7. The number of halogens is 4. The molecule has 32 heavy (non-hydrogen) atoms. The van der Waals surface area contributed by atoms with Crippen molar-refractivity contribution in [3.05, 3.63) is 65.5 Å².